The SMILES string of the molecule is CCCC/C=C\CCCCCCCC(=O)OCCCCC/C=C\C=C/CCCCCCCCCCCCC(=O)NC(CO)C(O)CCCCCCCCCCCCCCCCCCCCCC. The third-order valence-corrected chi connectivity index (χ3v) is 13.7. The summed E-state index contributed by atoms with van der Waals surface area (Å²) in [4.78, 5) is 24.5. The van der Waals surface area contributed by atoms with Crippen LogP contribution in [0.2, 0.25) is 0 Å². The van der Waals surface area contributed by atoms with E-state index in [0.29, 0.717) is 25.9 Å². The molecule has 0 aliphatic carbocycles. The molecule has 2 atom stereocenters. The lowest BCUT2D eigenvalue weighted by atomic mass is 10.0. The molecule has 0 aromatic heterocycles. The van der Waals surface area contributed by atoms with Crippen LogP contribution in [0, 0.1) is 0 Å². The summed E-state index contributed by atoms with van der Waals surface area (Å²) in [6, 6.07) is -0.550. The van der Waals surface area contributed by atoms with Gasteiger partial charge in [-0.25, -0.2) is 0 Å². The first-order valence-corrected chi connectivity index (χ1v) is 29.8. The molecule has 0 bridgehead atoms. The quantitative estimate of drug-likeness (QED) is 0.0244. The number of carbonyl (C=O) groups excluding carboxylic acids is 2. The van der Waals surface area contributed by atoms with Gasteiger partial charge in [-0.2, -0.15) is 0 Å². The molecule has 6 heteroatoms. The van der Waals surface area contributed by atoms with E-state index < -0.39 is 12.1 Å². The number of aliphatic hydroxyl groups is 2. The zero-order valence-electron chi connectivity index (χ0n) is 44.9. The maximum atomic E-state index is 12.5. The molecule has 394 valence electrons. The first-order chi connectivity index (χ1) is 33.0. The summed E-state index contributed by atoms with van der Waals surface area (Å²) in [5, 5.41) is 23.3. The third kappa shape index (κ3) is 53.3. The number of nitrogens with one attached hydrogen (secondary N) is 1. The van der Waals surface area contributed by atoms with Crippen LogP contribution in [0.15, 0.2) is 36.5 Å². The molecule has 1 amide bonds. The van der Waals surface area contributed by atoms with Gasteiger partial charge in [0, 0.05) is 12.8 Å². The van der Waals surface area contributed by atoms with E-state index >= 15 is 0 Å². The van der Waals surface area contributed by atoms with Crippen LogP contribution in [0.25, 0.3) is 0 Å². The molecule has 0 aromatic carbocycles. The molecule has 0 spiro atoms. The normalized spacial score (nSPS) is 12.8. The van der Waals surface area contributed by atoms with Crippen molar-refractivity contribution in [3.05, 3.63) is 36.5 Å². The molecule has 0 aliphatic heterocycles. The highest BCUT2D eigenvalue weighted by molar-refractivity contribution is 5.76. The van der Waals surface area contributed by atoms with Gasteiger partial charge in [0.25, 0.3) is 0 Å². The molecule has 0 saturated carbocycles. The van der Waals surface area contributed by atoms with E-state index in [1.54, 1.807) is 0 Å². The van der Waals surface area contributed by atoms with E-state index in [1.165, 1.54) is 212 Å². The second kappa shape index (κ2) is 56.7. The van der Waals surface area contributed by atoms with Crippen molar-refractivity contribution in [3.63, 3.8) is 0 Å². The van der Waals surface area contributed by atoms with Gasteiger partial charge >= 0.3 is 5.97 Å². The molecule has 6 nitrogen and oxygen atoms in total. The van der Waals surface area contributed by atoms with E-state index in [1.807, 2.05) is 0 Å². The Kier molecular flexibility index (Phi) is 55.0. The maximum Gasteiger partial charge on any atom is 0.305 e. The molecule has 2 unspecified atom stereocenters. The molecule has 67 heavy (non-hydrogen) atoms. The predicted molar refractivity (Wildman–Crippen MR) is 292 cm³/mol. The molecular weight excluding hydrogens is 827 g/mol. The van der Waals surface area contributed by atoms with Gasteiger partial charge < -0.3 is 20.3 Å². The Morgan fingerprint density at radius 1 is 0.418 bits per heavy atom. The average molecular weight is 943 g/mol. The molecule has 0 heterocycles. The van der Waals surface area contributed by atoms with Gasteiger partial charge in [-0.3, -0.25) is 9.59 Å². The highest BCUT2D eigenvalue weighted by Gasteiger charge is 2.20. The van der Waals surface area contributed by atoms with Crippen LogP contribution in [-0.2, 0) is 14.3 Å². The van der Waals surface area contributed by atoms with Crippen LogP contribution in [0.5, 0.6) is 0 Å². The molecular formula is C61H115NO5. The van der Waals surface area contributed by atoms with Crippen LogP contribution in [0.4, 0.5) is 0 Å². The molecule has 0 saturated heterocycles. The Morgan fingerprint density at radius 2 is 0.761 bits per heavy atom. The Bertz CT molecular complexity index is 1090. The zero-order chi connectivity index (χ0) is 48.6. The molecule has 0 aromatic rings. The fourth-order valence-electron chi connectivity index (χ4n) is 9.08. The molecule has 0 rings (SSSR count). The van der Waals surface area contributed by atoms with Crippen molar-refractivity contribution in [2.45, 2.75) is 328 Å². The highest BCUT2D eigenvalue weighted by atomic mass is 16.5. The largest absolute Gasteiger partial charge is 0.466 e. The van der Waals surface area contributed by atoms with E-state index in [9.17, 15) is 19.8 Å². The summed E-state index contributed by atoms with van der Waals surface area (Å²) in [6.07, 6.45) is 70.0. The lowest BCUT2D eigenvalue weighted by molar-refractivity contribution is -0.143. The van der Waals surface area contributed by atoms with Crippen molar-refractivity contribution in [3.8, 4) is 0 Å². The molecule has 0 radical (unpaired) electrons. The number of amides is 1. The van der Waals surface area contributed by atoms with Crippen LogP contribution in [-0.4, -0.2) is 47.4 Å². The minimum Gasteiger partial charge on any atom is -0.466 e. The second-order valence-corrected chi connectivity index (χ2v) is 20.4. The number of hydrogen-bond donors (Lipinski definition) is 3. The van der Waals surface area contributed by atoms with E-state index in [2.05, 4.69) is 55.6 Å². The number of carbonyl (C=O) groups is 2. The number of rotatable bonds is 55. The Morgan fingerprint density at radius 3 is 1.19 bits per heavy atom. The summed E-state index contributed by atoms with van der Waals surface area (Å²) in [7, 11) is 0. The smallest absolute Gasteiger partial charge is 0.305 e. The lowest BCUT2D eigenvalue weighted by Crippen LogP contribution is -2.45. The predicted octanol–water partition coefficient (Wildman–Crippen LogP) is 18.4. The summed E-state index contributed by atoms with van der Waals surface area (Å²) < 4.78 is 5.43. The van der Waals surface area contributed by atoms with Gasteiger partial charge in [0.1, 0.15) is 0 Å². The molecule has 0 fully saturated rings. The van der Waals surface area contributed by atoms with Crippen molar-refractivity contribution >= 4 is 11.9 Å². The van der Waals surface area contributed by atoms with E-state index in [-0.39, 0.29) is 18.5 Å². The van der Waals surface area contributed by atoms with Crippen molar-refractivity contribution in [1.82, 2.24) is 5.32 Å². The maximum absolute atomic E-state index is 12.5. The van der Waals surface area contributed by atoms with Crippen LogP contribution >= 0.6 is 0 Å². The van der Waals surface area contributed by atoms with Crippen LogP contribution in [0.1, 0.15) is 316 Å². The summed E-state index contributed by atoms with van der Waals surface area (Å²) in [6.45, 7) is 4.88. The van der Waals surface area contributed by atoms with Gasteiger partial charge in [-0.15, -0.1) is 0 Å². The van der Waals surface area contributed by atoms with Crippen molar-refractivity contribution in [2.75, 3.05) is 13.2 Å². The number of esters is 1. The fraction of sp³-hybridized carbons (Fsp3) is 0.869. The van der Waals surface area contributed by atoms with Crippen LogP contribution in [0.3, 0.4) is 0 Å². The van der Waals surface area contributed by atoms with Crippen molar-refractivity contribution < 1.29 is 24.5 Å². The van der Waals surface area contributed by atoms with Crippen LogP contribution < -0.4 is 5.32 Å². The number of allylic oxidation sites excluding steroid dienone is 6. The van der Waals surface area contributed by atoms with E-state index in [4.69, 9.17) is 4.74 Å². The zero-order valence-corrected chi connectivity index (χ0v) is 44.9. The van der Waals surface area contributed by atoms with Gasteiger partial charge in [0.05, 0.1) is 25.4 Å². The molecule has 3 N–H and O–H groups in total. The molecule has 0 aliphatic rings. The Labute approximate surface area is 417 Å². The van der Waals surface area contributed by atoms with Gasteiger partial charge in [0.2, 0.25) is 5.91 Å². The van der Waals surface area contributed by atoms with Gasteiger partial charge in [0.15, 0.2) is 0 Å². The minimum absolute atomic E-state index is 0.0244. The standard InChI is InChI=1S/C61H115NO5/c1-3-5-7-9-11-13-15-16-17-18-19-21-24-27-30-34-37-41-45-49-53-59(64)58(57-63)62-60(65)54-50-46-42-38-35-31-28-25-22-20-23-26-29-32-36-40-44-48-52-56-67-61(66)55-51-47-43-39-33-14-12-10-8-6-4-2/h10,12,26,29,32,36,58-59,63-64H,3-9,11,13-25,27-28,30-31,33-35,37-57H2,1-2H3,(H,62,65)/b12-10-,29-26-,36-32-. The number of aliphatic hydroxyl groups excluding tert-OH is 2. The first-order valence-electron chi connectivity index (χ1n) is 29.8. The average Bonchev–Trinajstić information content (AvgIpc) is 3.33. The van der Waals surface area contributed by atoms with Crippen molar-refractivity contribution in [1.29, 1.82) is 0 Å². The summed E-state index contributed by atoms with van der Waals surface area (Å²) in [5.74, 6) is -0.0672. The Balaban J connectivity index is 3.49. The topological polar surface area (TPSA) is 95.9 Å². The van der Waals surface area contributed by atoms with Gasteiger partial charge in [-0.05, 0) is 77.0 Å². The minimum atomic E-state index is -0.672. The Hall–Kier alpha value is -1.92. The monoisotopic (exact) mass is 942 g/mol. The summed E-state index contributed by atoms with van der Waals surface area (Å²) in [5.41, 5.74) is 0. The first kappa shape index (κ1) is 65.1. The van der Waals surface area contributed by atoms with E-state index in [0.717, 1.165) is 70.6 Å². The summed E-state index contributed by atoms with van der Waals surface area (Å²) >= 11 is 0. The highest BCUT2D eigenvalue weighted by Crippen LogP contribution is 2.17. The number of ether oxygens (including phenoxy) is 1. The number of unbranched alkanes of at least 4 members (excludes halogenated alkanes) is 39. The number of hydrogen-bond acceptors (Lipinski definition) is 5. The van der Waals surface area contributed by atoms with Gasteiger partial charge in [-0.1, -0.05) is 262 Å². The lowest BCUT2D eigenvalue weighted by Gasteiger charge is -2.22. The second-order valence-electron chi connectivity index (χ2n) is 20.4. The fourth-order valence-corrected chi connectivity index (χ4v) is 9.08. The van der Waals surface area contributed by atoms with Crippen molar-refractivity contribution in [2.24, 2.45) is 0 Å². The third-order valence-electron chi connectivity index (χ3n) is 13.7.